The average Bonchev–Trinajstić information content (AvgIpc) is 2.91. The maximum absolute atomic E-state index is 12.6. The number of rotatable bonds is 2. The Morgan fingerprint density at radius 3 is 3.00 bits per heavy atom. The number of piperidine rings is 1. The summed E-state index contributed by atoms with van der Waals surface area (Å²) in [6, 6.07) is 6.19. The van der Waals surface area contributed by atoms with Gasteiger partial charge in [-0.25, -0.2) is 0 Å². The zero-order valence-corrected chi connectivity index (χ0v) is 12.2. The number of hydrogen-bond donors (Lipinski definition) is 1. The van der Waals surface area contributed by atoms with Crippen LogP contribution in [-0.4, -0.2) is 43.6 Å². The van der Waals surface area contributed by atoms with Gasteiger partial charge in [-0.1, -0.05) is 6.07 Å². The van der Waals surface area contributed by atoms with Crippen molar-refractivity contribution in [2.75, 3.05) is 26.7 Å². The van der Waals surface area contributed by atoms with Crippen molar-refractivity contribution in [3.8, 4) is 5.75 Å². The van der Waals surface area contributed by atoms with Gasteiger partial charge < -0.3 is 15.0 Å². The molecule has 2 aliphatic heterocycles. The number of likely N-dealkylation sites (tertiary alicyclic amines) is 1. The van der Waals surface area contributed by atoms with Crippen molar-refractivity contribution in [2.24, 2.45) is 5.92 Å². The molecule has 4 heteroatoms. The number of nitrogens with one attached hydrogen (secondary N) is 1. The van der Waals surface area contributed by atoms with Crippen LogP contribution < -0.4 is 10.1 Å². The first kappa shape index (κ1) is 13.4. The monoisotopic (exact) mass is 274 g/mol. The second-order valence-electron chi connectivity index (χ2n) is 5.86. The molecule has 0 aromatic heterocycles. The molecule has 2 fully saturated rings. The lowest BCUT2D eigenvalue weighted by molar-refractivity contribution is 0.0785. The highest BCUT2D eigenvalue weighted by Crippen LogP contribution is 2.27. The standard InChI is InChI=1S/C16H22N2O2/c1-11-5-6-12(8-15(11)20-2)16(19)18-9-13-4-3-7-17-14(13)10-18/h5-6,8,13-14,17H,3-4,7,9-10H2,1-2H3/t13-,14+/m0/s1. The summed E-state index contributed by atoms with van der Waals surface area (Å²) < 4.78 is 5.31. The van der Waals surface area contributed by atoms with Gasteiger partial charge in [-0.3, -0.25) is 4.79 Å². The molecule has 2 heterocycles. The van der Waals surface area contributed by atoms with Gasteiger partial charge in [0, 0.05) is 24.7 Å². The number of ether oxygens (including phenoxy) is 1. The van der Waals surface area contributed by atoms with E-state index in [9.17, 15) is 4.79 Å². The van der Waals surface area contributed by atoms with Crippen LogP contribution in [0.2, 0.25) is 0 Å². The number of nitrogens with zero attached hydrogens (tertiary/aromatic N) is 1. The molecule has 0 spiro atoms. The number of carbonyl (C=O) groups is 1. The molecule has 4 nitrogen and oxygen atoms in total. The van der Waals surface area contributed by atoms with Gasteiger partial charge in [-0.15, -0.1) is 0 Å². The third kappa shape index (κ3) is 2.40. The molecule has 20 heavy (non-hydrogen) atoms. The lowest BCUT2D eigenvalue weighted by Crippen LogP contribution is -2.41. The SMILES string of the molecule is COc1cc(C(=O)N2C[C@@H]3CCCN[C@@H]3C2)ccc1C. The van der Waals surface area contributed by atoms with Crippen molar-refractivity contribution in [3.63, 3.8) is 0 Å². The third-order valence-corrected chi connectivity index (χ3v) is 4.54. The Labute approximate surface area is 120 Å². The number of hydrogen-bond acceptors (Lipinski definition) is 3. The molecule has 1 aromatic rings. The topological polar surface area (TPSA) is 41.6 Å². The van der Waals surface area contributed by atoms with E-state index in [1.54, 1.807) is 7.11 Å². The summed E-state index contributed by atoms with van der Waals surface area (Å²) in [5.74, 6) is 1.53. The molecule has 0 aliphatic carbocycles. The zero-order chi connectivity index (χ0) is 14.1. The molecular formula is C16H22N2O2. The minimum Gasteiger partial charge on any atom is -0.496 e. The predicted molar refractivity (Wildman–Crippen MR) is 78.1 cm³/mol. The molecule has 1 aromatic carbocycles. The highest BCUT2D eigenvalue weighted by molar-refractivity contribution is 5.95. The predicted octanol–water partition coefficient (Wildman–Crippen LogP) is 1.83. The van der Waals surface area contributed by atoms with Crippen LogP contribution in [0.5, 0.6) is 5.75 Å². The van der Waals surface area contributed by atoms with Crippen LogP contribution in [0.3, 0.4) is 0 Å². The van der Waals surface area contributed by atoms with Gasteiger partial charge in [0.1, 0.15) is 5.75 Å². The number of benzene rings is 1. The van der Waals surface area contributed by atoms with Crippen molar-refractivity contribution in [1.29, 1.82) is 0 Å². The molecule has 1 N–H and O–H groups in total. The Hall–Kier alpha value is -1.55. The summed E-state index contributed by atoms with van der Waals surface area (Å²) in [6.45, 7) is 4.79. The summed E-state index contributed by atoms with van der Waals surface area (Å²) in [5.41, 5.74) is 1.78. The van der Waals surface area contributed by atoms with Crippen molar-refractivity contribution in [2.45, 2.75) is 25.8 Å². The minimum absolute atomic E-state index is 0.125. The Balaban J connectivity index is 1.76. The summed E-state index contributed by atoms with van der Waals surface area (Å²) in [7, 11) is 1.64. The maximum atomic E-state index is 12.6. The fourth-order valence-corrected chi connectivity index (χ4v) is 3.35. The van der Waals surface area contributed by atoms with E-state index < -0.39 is 0 Å². The molecular weight excluding hydrogens is 252 g/mol. The highest BCUT2D eigenvalue weighted by Gasteiger charge is 2.36. The number of carbonyl (C=O) groups excluding carboxylic acids is 1. The molecule has 0 bridgehead atoms. The van der Waals surface area contributed by atoms with E-state index in [2.05, 4.69) is 5.32 Å². The Bertz CT molecular complexity index is 501. The first-order chi connectivity index (χ1) is 9.69. The minimum atomic E-state index is 0.125. The number of aryl methyl sites for hydroxylation is 1. The number of methoxy groups -OCH3 is 1. The molecule has 3 rings (SSSR count). The number of fused-ring (bicyclic) bond motifs is 1. The van der Waals surface area contributed by atoms with Gasteiger partial charge in [-0.2, -0.15) is 0 Å². The smallest absolute Gasteiger partial charge is 0.254 e. The van der Waals surface area contributed by atoms with E-state index in [4.69, 9.17) is 4.74 Å². The Morgan fingerprint density at radius 2 is 2.25 bits per heavy atom. The molecule has 0 saturated carbocycles. The van der Waals surface area contributed by atoms with Crippen LogP contribution in [0.1, 0.15) is 28.8 Å². The van der Waals surface area contributed by atoms with Crippen molar-refractivity contribution in [1.82, 2.24) is 10.2 Å². The van der Waals surface area contributed by atoms with Crippen molar-refractivity contribution >= 4 is 5.91 Å². The highest BCUT2D eigenvalue weighted by atomic mass is 16.5. The summed E-state index contributed by atoms with van der Waals surface area (Å²) >= 11 is 0. The molecule has 2 saturated heterocycles. The van der Waals surface area contributed by atoms with E-state index in [1.807, 2.05) is 30.0 Å². The Kier molecular flexibility index (Phi) is 3.66. The van der Waals surface area contributed by atoms with E-state index in [0.717, 1.165) is 36.5 Å². The Morgan fingerprint density at radius 1 is 1.40 bits per heavy atom. The van der Waals surface area contributed by atoms with E-state index in [-0.39, 0.29) is 5.91 Å². The molecule has 1 amide bonds. The first-order valence-electron chi connectivity index (χ1n) is 7.36. The fraction of sp³-hybridized carbons (Fsp3) is 0.562. The van der Waals surface area contributed by atoms with Crippen LogP contribution >= 0.6 is 0 Å². The van der Waals surface area contributed by atoms with Crippen molar-refractivity contribution in [3.05, 3.63) is 29.3 Å². The summed E-state index contributed by atoms with van der Waals surface area (Å²) in [4.78, 5) is 14.6. The van der Waals surface area contributed by atoms with Crippen LogP contribution in [0, 0.1) is 12.8 Å². The second-order valence-corrected chi connectivity index (χ2v) is 5.86. The summed E-state index contributed by atoms with van der Waals surface area (Å²) in [6.07, 6.45) is 2.46. The van der Waals surface area contributed by atoms with E-state index in [1.165, 1.54) is 12.8 Å². The molecule has 2 aliphatic rings. The molecule has 2 atom stereocenters. The van der Waals surface area contributed by atoms with Crippen molar-refractivity contribution < 1.29 is 9.53 Å². The normalized spacial score (nSPS) is 25.4. The van der Waals surface area contributed by atoms with E-state index >= 15 is 0 Å². The first-order valence-corrected chi connectivity index (χ1v) is 7.36. The molecule has 108 valence electrons. The summed E-state index contributed by atoms with van der Waals surface area (Å²) in [5, 5.41) is 3.53. The van der Waals surface area contributed by atoms with Gasteiger partial charge in [0.25, 0.3) is 5.91 Å². The fourth-order valence-electron chi connectivity index (χ4n) is 3.35. The van der Waals surface area contributed by atoms with Gasteiger partial charge in [0.05, 0.1) is 7.11 Å². The average molecular weight is 274 g/mol. The third-order valence-electron chi connectivity index (χ3n) is 4.54. The van der Waals surface area contributed by atoms with Gasteiger partial charge in [0.2, 0.25) is 0 Å². The van der Waals surface area contributed by atoms with Crippen LogP contribution in [-0.2, 0) is 0 Å². The van der Waals surface area contributed by atoms with Gasteiger partial charge in [-0.05, 0) is 49.9 Å². The van der Waals surface area contributed by atoms with Crippen LogP contribution in [0.25, 0.3) is 0 Å². The second kappa shape index (κ2) is 5.44. The van der Waals surface area contributed by atoms with Crippen LogP contribution in [0.15, 0.2) is 18.2 Å². The molecule has 0 radical (unpaired) electrons. The van der Waals surface area contributed by atoms with E-state index in [0.29, 0.717) is 12.0 Å². The maximum Gasteiger partial charge on any atom is 0.254 e. The molecule has 0 unspecified atom stereocenters. The quantitative estimate of drug-likeness (QED) is 0.894. The van der Waals surface area contributed by atoms with Gasteiger partial charge in [0.15, 0.2) is 0 Å². The number of amides is 1. The van der Waals surface area contributed by atoms with Gasteiger partial charge >= 0.3 is 0 Å². The zero-order valence-electron chi connectivity index (χ0n) is 12.2. The lowest BCUT2D eigenvalue weighted by Gasteiger charge is -2.24. The largest absolute Gasteiger partial charge is 0.496 e. The van der Waals surface area contributed by atoms with Crippen LogP contribution in [0.4, 0.5) is 0 Å². The lowest BCUT2D eigenvalue weighted by atomic mass is 9.94.